The van der Waals surface area contributed by atoms with Gasteiger partial charge in [0.2, 0.25) is 0 Å². The molecule has 23 heavy (non-hydrogen) atoms. The topological polar surface area (TPSA) is 32.3 Å². The highest BCUT2D eigenvalue weighted by Gasteiger charge is 2.18. The van der Waals surface area contributed by atoms with Gasteiger partial charge < -0.3 is 10.2 Å². The van der Waals surface area contributed by atoms with Crippen LogP contribution in [0.3, 0.4) is 0 Å². The third kappa shape index (κ3) is 3.65. The molecule has 0 saturated carbocycles. The number of anilines is 2. The van der Waals surface area contributed by atoms with Crippen LogP contribution in [0.15, 0.2) is 47.4 Å². The van der Waals surface area contributed by atoms with Gasteiger partial charge in [0, 0.05) is 18.0 Å². The molecule has 0 aromatic heterocycles. The van der Waals surface area contributed by atoms with Gasteiger partial charge in [-0.05, 0) is 49.4 Å². The predicted molar refractivity (Wildman–Crippen MR) is 99.1 cm³/mol. The van der Waals surface area contributed by atoms with Crippen LogP contribution in [0.4, 0.5) is 11.4 Å². The molecule has 1 amide bonds. The smallest absolute Gasteiger partial charge is 0.257 e. The maximum absolute atomic E-state index is 12.6. The Bertz CT molecular complexity index is 714. The summed E-state index contributed by atoms with van der Waals surface area (Å²) >= 11 is 7.79. The van der Waals surface area contributed by atoms with E-state index in [9.17, 15) is 4.79 Å². The van der Waals surface area contributed by atoms with Gasteiger partial charge in [0.1, 0.15) is 0 Å². The van der Waals surface area contributed by atoms with E-state index in [1.807, 2.05) is 36.6 Å². The molecule has 1 aliphatic heterocycles. The van der Waals surface area contributed by atoms with Gasteiger partial charge in [-0.1, -0.05) is 23.7 Å². The number of thioether (sulfide) groups is 1. The number of nitrogens with one attached hydrogen (secondary N) is 1. The maximum atomic E-state index is 12.6. The number of carbonyl (C=O) groups excluding carboxylic acids is 1. The number of para-hydroxylation sites is 2. The van der Waals surface area contributed by atoms with Crippen molar-refractivity contribution in [3.05, 3.63) is 53.1 Å². The van der Waals surface area contributed by atoms with Gasteiger partial charge in [-0.2, -0.15) is 0 Å². The quantitative estimate of drug-likeness (QED) is 0.798. The van der Waals surface area contributed by atoms with Crippen LogP contribution in [0.1, 0.15) is 23.2 Å². The van der Waals surface area contributed by atoms with Crippen LogP contribution in [-0.2, 0) is 0 Å². The lowest BCUT2D eigenvalue weighted by molar-refractivity contribution is 0.102. The molecule has 0 radical (unpaired) electrons. The van der Waals surface area contributed by atoms with E-state index in [0.29, 0.717) is 10.6 Å². The number of benzene rings is 2. The lowest BCUT2D eigenvalue weighted by Gasteiger charge is -2.21. The second-order valence-corrected chi connectivity index (χ2v) is 6.80. The van der Waals surface area contributed by atoms with E-state index in [4.69, 9.17) is 11.6 Å². The molecule has 2 aromatic carbocycles. The molecule has 0 unspecified atom stereocenters. The fraction of sp³-hybridized carbons (Fsp3) is 0.278. The van der Waals surface area contributed by atoms with Crippen molar-refractivity contribution in [2.75, 3.05) is 29.6 Å². The minimum atomic E-state index is -0.169. The molecule has 3 rings (SSSR count). The van der Waals surface area contributed by atoms with Crippen LogP contribution in [0.2, 0.25) is 5.02 Å². The highest BCUT2D eigenvalue weighted by atomic mass is 35.5. The van der Waals surface area contributed by atoms with Gasteiger partial charge in [-0.3, -0.25) is 4.79 Å². The molecule has 3 nitrogen and oxygen atoms in total. The third-order valence-electron chi connectivity index (χ3n) is 4.02. The number of carbonyl (C=O) groups is 1. The number of halogens is 1. The zero-order chi connectivity index (χ0) is 16.2. The molecule has 1 heterocycles. The molecule has 120 valence electrons. The van der Waals surface area contributed by atoms with Crippen molar-refractivity contribution in [2.24, 2.45) is 0 Å². The number of hydrogen-bond donors (Lipinski definition) is 1. The number of amides is 1. The summed E-state index contributed by atoms with van der Waals surface area (Å²) in [6.07, 6.45) is 4.38. The van der Waals surface area contributed by atoms with E-state index in [2.05, 4.69) is 16.3 Å². The Hall–Kier alpha value is -1.65. The molecule has 1 saturated heterocycles. The summed E-state index contributed by atoms with van der Waals surface area (Å²) in [4.78, 5) is 16.0. The zero-order valence-corrected chi connectivity index (χ0v) is 14.6. The minimum Gasteiger partial charge on any atom is -0.370 e. The monoisotopic (exact) mass is 346 g/mol. The Kier molecular flexibility index (Phi) is 5.13. The average Bonchev–Trinajstić information content (AvgIpc) is 3.10. The SMILES string of the molecule is CSc1ccc(Cl)c(C(=O)Nc2ccccc2N2CCCC2)c1. The lowest BCUT2D eigenvalue weighted by Crippen LogP contribution is -2.21. The van der Waals surface area contributed by atoms with Gasteiger partial charge >= 0.3 is 0 Å². The highest BCUT2D eigenvalue weighted by molar-refractivity contribution is 7.98. The average molecular weight is 347 g/mol. The first-order valence-corrected chi connectivity index (χ1v) is 9.28. The van der Waals surface area contributed by atoms with E-state index in [0.717, 1.165) is 29.4 Å². The van der Waals surface area contributed by atoms with Crippen LogP contribution in [0.5, 0.6) is 0 Å². The largest absolute Gasteiger partial charge is 0.370 e. The Morgan fingerprint density at radius 3 is 2.65 bits per heavy atom. The second kappa shape index (κ2) is 7.28. The van der Waals surface area contributed by atoms with E-state index in [1.54, 1.807) is 17.8 Å². The minimum absolute atomic E-state index is 0.169. The van der Waals surface area contributed by atoms with Crippen LogP contribution < -0.4 is 10.2 Å². The van der Waals surface area contributed by atoms with Gasteiger partial charge in [-0.25, -0.2) is 0 Å². The van der Waals surface area contributed by atoms with Crippen molar-refractivity contribution in [1.29, 1.82) is 0 Å². The Balaban J connectivity index is 1.86. The molecule has 0 spiro atoms. The van der Waals surface area contributed by atoms with E-state index in [1.165, 1.54) is 12.8 Å². The van der Waals surface area contributed by atoms with Crippen molar-refractivity contribution in [2.45, 2.75) is 17.7 Å². The lowest BCUT2D eigenvalue weighted by atomic mass is 10.2. The summed E-state index contributed by atoms with van der Waals surface area (Å²) < 4.78 is 0. The molecule has 1 N–H and O–H groups in total. The molecule has 0 aliphatic carbocycles. The summed E-state index contributed by atoms with van der Waals surface area (Å²) in [5.41, 5.74) is 2.43. The van der Waals surface area contributed by atoms with Gasteiger partial charge in [0.05, 0.1) is 22.0 Å². The molecule has 5 heteroatoms. The molecule has 1 aliphatic rings. The van der Waals surface area contributed by atoms with Crippen LogP contribution in [0.25, 0.3) is 0 Å². The molecular weight excluding hydrogens is 328 g/mol. The summed E-state index contributed by atoms with van der Waals surface area (Å²) in [6.45, 7) is 2.07. The Morgan fingerprint density at radius 1 is 1.17 bits per heavy atom. The highest BCUT2D eigenvalue weighted by Crippen LogP contribution is 2.30. The third-order valence-corrected chi connectivity index (χ3v) is 5.07. The zero-order valence-electron chi connectivity index (χ0n) is 13.0. The van der Waals surface area contributed by atoms with Crippen molar-refractivity contribution in [3.63, 3.8) is 0 Å². The predicted octanol–water partition coefficient (Wildman–Crippen LogP) is 4.91. The van der Waals surface area contributed by atoms with Crippen LogP contribution in [-0.4, -0.2) is 25.3 Å². The number of nitrogens with zero attached hydrogens (tertiary/aromatic N) is 1. The summed E-state index contributed by atoms with van der Waals surface area (Å²) in [5.74, 6) is -0.169. The molecule has 0 atom stereocenters. The molecular formula is C18H19ClN2OS. The first-order chi connectivity index (χ1) is 11.2. The number of rotatable bonds is 4. The standard InChI is InChI=1S/C18H19ClN2OS/c1-23-13-8-9-15(19)14(12-13)18(22)20-16-6-2-3-7-17(16)21-10-4-5-11-21/h2-3,6-9,12H,4-5,10-11H2,1H3,(H,20,22). The summed E-state index contributed by atoms with van der Waals surface area (Å²) in [5, 5.41) is 3.49. The fourth-order valence-electron chi connectivity index (χ4n) is 2.81. The van der Waals surface area contributed by atoms with Gasteiger partial charge in [0.15, 0.2) is 0 Å². The Labute approximate surface area is 146 Å². The van der Waals surface area contributed by atoms with Crippen LogP contribution >= 0.6 is 23.4 Å². The van der Waals surface area contributed by atoms with Crippen molar-refractivity contribution in [3.8, 4) is 0 Å². The van der Waals surface area contributed by atoms with E-state index >= 15 is 0 Å². The normalized spacial score (nSPS) is 14.1. The number of hydrogen-bond acceptors (Lipinski definition) is 3. The summed E-state index contributed by atoms with van der Waals surface area (Å²) in [7, 11) is 0. The fourth-order valence-corrected chi connectivity index (χ4v) is 3.45. The molecule has 1 fully saturated rings. The molecule has 2 aromatic rings. The van der Waals surface area contributed by atoms with Crippen molar-refractivity contribution in [1.82, 2.24) is 0 Å². The first-order valence-electron chi connectivity index (χ1n) is 7.68. The van der Waals surface area contributed by atoms with Crippen LogP contribution in [0, 0.1) is 0 Å². The van der Waals surface area contributed by atoms with Crippen molar-refractivity contribution >= 4 is 40.6 Å². The summed E-state index contributed by atoms with van der Waals surface area (Å²) in [6, 6.07) is 13.5. The maximum Gasteiger partial charge on any atom is 0.257 e. The second-order valence-electron chi connectivity index (χ2n) is 5.51. The first kappa shape index (κ1) is 16.2. The van der Waals surface area contributed by atoms with Gasteiger partial charge in [0.25, 0.3) is 5.91 Å². The van der Waals surface area contributed by atoms with Gasteiger partial charge in [-0.15, -0.1) is 11.8 Å². The van der Waals surface area contributed by atoms with Crippen molar-refractivity contribution < 1.29 is 4.79 Å². The Morgan fingerprint density at radius 2 is 1.91 bits per heavy atom. The van der Waals surface area contributed by atoms with E-state index in [-0.39, 0.29) is 5.91 Å². The molecule has 0 bridgehead atoms. The van der Waals surface area contributed by atoms with E-state index < -0.39 is 0 Å².